The molecule has 0 aliphatic carbocycles. The van der Waals surface area contributed by atoms with Gasteiger partial charge in [0.05, 0.1) is 12.8 Å². The first-order valence-electron chi connectivity index (χ1n) is 5.79. The fourth-order valence-electron chi connectivity index (χ4n) is 1.66. The average molecular weight is 310 g/mol. The maximum atomic E-state index is 11.8. The summed E-state index contributed by atoms with van der Waals surface area (Å²) >= 11 is 6.73. The molecule has 4 nitrogen and oxygen atoms in total. The normalized spacial score (nSPS) is 10.1. The standard InChI is InChI=1S/C14H12ClNO3S/c1-19-14(18)13-10(16-12(17)8-15)7-11(20-13)9-5-3-2-4-6-9/h2-7H,8H2,1H3,(H,16,17). The van der Waals surface area contributed by atoms with Crippen molar-refractivity contribution in [2.24, 2.45) is 0 Å². The molecule has 1 heterocycles. The lowest BCUT2D eigenvalue weighted by Crippen LogP contribution is -2.14. The van der Waals surface area contributed by atoms with E-state index in [0.29, 0.717) is 10.6 Å². The SMILES string of the molecule is COC(=O)c1sc(-c2ccccc2)cc1NC(=O)CCl. The van der Waals surface area contributed by atoms with Crippen LogP contribution >= 0.6 is 22.9 Å². The van der Waals surface area contributed by atoms with Crippen LogP contribution in [-0.2, 0) is 9.53 Å². The lowest BCUT2D eigenvalue weighted by molar-refractivity contribution is -0.113. The van der Waals surface area contributed by atoms with E-state index in [2.05, 4.69) is 5.32 Å². The van der Waals surface area contributed by atoms with E-state index in [1.54, 1.807) is 6.07 Å². The number of esters is 1. The van der Waals surface area contributed by atoms with Crippen LogP contribution in [0.1, 0.15) is 9.67 Å². The van der Waals surface area contributed by atoms with Crippen molar-refractivity contribution in [3.05, 3.63) is 41.3 Å². The van der Waals surface area contributed by atoms with Crippen LogP contribution in [-0.4, -0.2) is 24.9 Å². The minimum atomic E-state index is -0.484. The van der Waals surface area contributed by atoms with Crippen LogP contribution in [0, 0.1) is 0 Å². The Morgan fingerprint density at radius 2 is 2.00 bits per heavy atom. The quantitative estimate of drug-likeness (QED) is 0.696. The smallest absolute Gasteiger partial charge is 0.350 e. The second kappa shape index (κ2) is 6.54. The Labute approximate surface area is 125 Å². The summed E-state index contributed by atoms with van der Waals surface area (Å²) in [6, 6.07) is 11.3. The van der Waals surface area contributed by atoms with E-state index in [1.807, 2.05) is 30.3 Å². The van der Waals surface area contributed by atoms with Crippen LogP contribution in [0.4, 0.5) is 5.69 Å². The van der Waals surface area contributed by atoms with Gasteiger partial charge in [0.1, 0.15) is 10.8 Å². The van der Waals surface area contributed by atoms with Gasteiger partial charge in [-0.2, -0.15) is 0 Å². The molecule has 1 N–H and O–H groups in total. The van der Waals surface area contributed by atoms with Crippen molar-refractivity contribution in [1.29, 1.82) is 0 Å². The Bertz CT molecular complexity index is 625. The summed E-state index contributed by atoms with van der Waals surface area (Å²) in [5.74, 6) is -1.02. The van der Waals surface area contributed by atoms with Crippen LogP contribution in [0.3, 0.4) is 0 Å². The molecule has 2 rings (SSSR count). The second-order valence-electron chi connectivity index (χ2n) is 3.89. The van der Waals surface area contributed by atoms with Gasteiger partial charge in [0.15, 0.2) is 0 Å². The molecule has 1 aromatic heterocycles. The summed E-state index contributed by atoms with van der Waals surface area (Å²) in [5, 5.41) is 2.60. The Kier molecular flexibility index (Phi) is 4.76. The summed E-state index contributed by atoms with van der Waals surface area (Å²) in [4.78, 5) is 24.4. The van der Waals surface area contributed by atoms with Crippen molar-refractivity contribution >= 4 is 40.5 Å². The van der Waals surface area contributed by atoms with Gasteiger partial charge in [-0.25, -0.2) is 4.79 Å². The second-order valence-corrected chi connectivity index (χ2v) is 5.21. The number of hydrogen-bond donors (Lipinski definition) is 1. The number of nitrogens with one attached hydrogen (secondary N) is 1. The Morgan fingerprint density at radius 3 is 2.60 bits per heavy atom. The van der Waals surface area contributed by atoms with Gasteiger partial charge in [-0.3, -0.25) is 4.79 Å². The van der Waals surface area contributed by atoms with Gasteiger partial charge in [0.25, 0.3) is 0 Å². The molecule has 0 aliphatic rings. The first kappa shape index (κ1) is 14.6. The highest BCUT2D eigenvalue weighted by molar-refractivity contribution is 7.18. The maximum Gasteiger partial charge on any atom is 0.350 e. The number of amides is 1. The number of carbonyl (C=O) groups is 2. The summed E-state index contributed by atoms with van der Waals surface area (Å²) in [7, 11) is 1.30. The van der Waals surface area contributed by atoms with Crippen LogP contribution in [0.2, 0.25) is 0 Å². The fourth-order valence-corrected chi connectivity index (χ4v) is 2.76. The minimum Gasteiger partial charge on any atom is -0.465 e. The fraction of sp³-hybridized carbons (Fsp3) is 0.143. The predicted octanol–water partition coefficient (Wildman–Crippen LogP) is 3.38. The molecule has 1 amide bonds. The van der Waals surface area contributed by atoms with Gasteiger partial charge in [-0.15, -0.1) is 22.9 Å². The van der Waals surface area contributed by atoms with Crippen LogP contribution in [0.15, 0.2) is 36.4 Å². The molecule has 0 saturated heterocycles. The number of hydrogen-bond acceptors (Lipinski definition) is 4. The number of ether oxygens (including phenoxy) is 1. The van der Waals surface area contributed by atoms with E-state index < -0.39 is 5.97 Å². The van der Waals surface area contributed by atoms with Gasteiger partial charge < -0.3 is 10.1 Å². The van der Waals surface area contributed by atoms with Crippen molar-refractivity contribution < 1.29 is 14.3 Å². The summed E-state index contributed by atoms with van der Waals surface area (Å²) in [5.41, 5.74) is 1.39. The minimum absolute atomic E-state index is 0.170. The van der Waals surface area contributed by atoms with Crippen LogP contribution in [0.25, 0.3) is 10.4 Å². The zero-order chi connectivity index (χ0) is 14.5. The summed E-state index contributed by atoms with van der Waals surface area (Å²) < 4.78 is 4.73. The largest absolute Gasteiger partial charge is 0.465 e. The third-order valence-electron chi connectivity index (χ3n) is 2.56. The molecule has 20 heavy (non-hydrogen) atoms. The van der Waals surface area contributed by atoms with Crippen molar-refractivity contribution in [2.75, 3.05) is 18.3 Å². The molecular weight excluding hydrogens is 298 g/mol. The number of halogens is 1. The molecule has 0 saturated carbocycles. The molecule has 0 fully saturated rings. The Hall–Kier alpha value is -1.85. The first-order chi connectivity index (χ1) is 9.65. The molecule has 0 spiro atoms. The number of rotatable bonds is 4. The number of methoxy groups -OCH3 is 1. The number of carbonyl (C=O) groups excluding carboxylic acids is 2. The van der Waals surface area contributed by atoms with Gasteiger partial charge in [0, 0.05) is 4.88 Å². The van der Waals surface area contributed by atoms with Gasteiger partial charge in [0.2, 0.25) is 5.91 Å². The number of benzene rings is 1. The van der Waals surface area contributed by atoms with Crippen molar-refractivity contribution in [3.63, 3.8) is 0 Å². The number of anilines is 1. The lowest BCUT2D eigenvalue weighted by atomic mass is 10.2. The van der Waals surface area contributed by atoms with E-state index in [9.17, 15) is 9.59 Å². The molecule has 0 aliphatic heterocycles. The average Bonchev–Trinajstić information content (AvgIpc) is 2.91. The van der Waals surface area contributed by atoms with E-state index >= 15 is 0 Å². The van der Waals surface area contributed by atoms with E-state index in [4.69, 9.17) is 16.3 Å². The van der Waals surface area contributed by atoms with Gasteiger partial charge in [-0.05, 0) is 11.6 Å². The molecule has 2 aromatic rings. The highest BCUT2D eigenvalue weighted by Crippen LogP contribution is 2.35. The molecule has 0 bridgehead atoms. The Morgan fingerprint density at radius 1 is 1.30 bits per heavy atom. The zero-order valence-electron chi connectivity index (χ0n) is 10.7. The third kappa shape index (κ3) is 3.18. The molecule has 104 valence electrons. The van der Waals surface area contributed by atoms with E-state index in [-0.39, 0.29) is 11.8 Å². The monoisotopic (exact) mass is 309 g/mol. The van der Waals surface area contributed by atoms with Crippen LogP contribution in [0.5, 0.6) is 0 Å². The lowest BCUT2D eigenvalue weighted by Gasteiger charge is -2.02. The van der Waals surface area contributed by atoms with Gasteiger partial charge in [-0.1, -0.05) is 30.3 Å². The maximum absolute atomic E-state index is 11.8. The Balaban J connectivity index is 2.41. The highest BCUT2D eigenvalue weighted by atomic mass is 35.5. The number of thiophene rings is 1. The molecule has 0 atom stereocenters. The predicted molar refractivity (Wildman–Crippen MR) is 80.4 cm³/mol. The van der Waals surface area contributed by atoms with Crippen molar-refractivity contribution in [1.82, 2.24) is 0 Å². The molecule has 1 aromatic carbocycles. The highest BCUT2D eigenvalue weighted by Gasteiger charge is 2.19. The summed E-state index contributed by atoms with van der Waals surface area (Å²) in [6.45, 7) is 0. The number of alkyl halides is 1. The van der Waals surface area contributed by atoms with Gasteiger partial charge >= 0.3 is 5.97 Å². The van der Waals surface area contributed by atoms with Crippen LogP contribution < -0.4 is 5.32 Å². The van der Waals surface area contributed by atoms with Crippen molar-refractivity contribution in [3.8, 4) is 10.4 Å². The molecule has 0 unspecified atom stereocenters. The third-order valence-corrected chi connectivity index (χ3v) is 3.96. The zero-order valence-corrected chi connectivity index (χ0v) is 12.3. The van der Waals surface area contributed by atoms with Crippen molar-refractivity contribution in [2.45, 2.75) is 0 Å². The first-order valence-corrected chi connectivity index (χ1v) is 7.14. The topological polar surface area (TPSA) is 55.4 Å². The molecule has 6 heteroatoms. The van der Waals surface area contributed by atoms with E-state index in [0.717, 1.165) is 10.4 Å². The molecule has 0 radical (unpaired) electrons. The summed E-state index contributed by atoms with van der Waals surface area (Å²) in [6.07, 6.45) is 0. The molecular formula is C14H12ClNO3S. The van der Waals surface area contributed by atoms with E-state index in [1.165, 1.54) is 18.4 Å².